The second-order valence-electron chi connectivity index (χ2n) is 7.92. The van der Waals surface area contributed by atoms with E-state index in [-0.39, 0.29) is 10.6 Å². The predicted molar refractivity (Wildman–Crippen MR) is 112 cm³/mol. The highest BCUT2D eigenvalue weighted by Gasteiger charge is 2.24. The summed E-state index contributed by atoms with van der Waals surface area (Å²) in [4.78, 5) is 15.9. The number of nitrogens with zero attached hydrogens (tertiary/aromatic N) is 3. The lowest BCUT2D eigenvalue weighted by Crippen LogP contribution is -2.46. The zero-order valence-corrected chi connectivity index (χ0v) is 16.8. The first-order valence-corrected chi connectivity index (χ1v) is 10.6. The van der Waals surface area contributed by atoms with E-state index in [0.717, 1.165) is 57.2 Å². The van der Waals surface area contributed by atoms with Gasteiger partial charge in [-0.1, -0.05) is 32.8 Å². The second-order valence-corrected chi connectivity index (χ2v) is 7.92. The van der Waals surface area contributed by atoms with Crippen LogP contribution in [0, 0.1) is 16.0 Å². The summed E-state index contributed by atoms with van der Waals surface area (Å²) in [7, 11) is 0. The van der Waals surface area contributed by atoms with Crippen LogP contribution in [0.25, 0.3) is 5.57 Å². The van der Waals surface area contributed by atoms with Crippen molar-refractivity contribution >= 4 is 16.9 Å². The van der Waals surface area contributed by atoms with E-state index in [1.807, 2.05) is 6.07 Å². The molecule has 27 heavy (non-hydrogen) atoms. The Hall–Kier alpha value is -1.88. The van der Waals surface area contributed by atoms with Crippen molar-refractivity contribution in [3.63, 3.8) is 0 Å². The van der Waals surface area contributed by atoms with Crippen molar-refractivity contribution in [1.82, 2.24) is 4.90 Å². The molecule has 1 aliphatic carbocycles. The van der Waals surface area contributed by atoms with Gasteiger partial charge in [0.1, 0.15) is 0 Å². The van der Waals surface area contributed by atoms with Crippen LogP contribution in [0.15, 0.2) is 24.3 Å². The topological polar surface area (TPSA) is 49.6 Å². The minimum absolute atomic E-state index is 0.199. The maximum absolute atomic E-state index is 11.3. The molecule has 0 aromatic heterocycles. The maximum Gasteiger partial charge on any atom is 0.271 e. The van der Waals surface area contributed by atoms with Crippen LogP contribution in [0.5, 0.6) is 0 Å². The standard InChI is InChI=1S/C22H33N3O2/c1-3-5-12-23-13-15-24(16-14-23)22-17-20(25(26)27)10-11-21(22)19-8-6-18(4-2)7-9-19/h8,10-11,17-18H,3-7,9,12-16H2,1-2H3. The molecule has 1 aromatic carbocycles. The lowest BCUT2D eigenvalue weighted by molar-refractivity contribution is -0.384. The van der Waals surface area contributed by atoms with E-state index in [9.17, 15) is 10.1 Å². The zero-order chi connectivity index (χ0) is 19.2. The molecule has 3 rings (SSSR count). The molecule has 0 saturated carbocycles. The summed E-state index contributed by atoms with van der Waals surface area (Å²) in [5.74, 6) is 0.789. The number of piperazine rings is 1. The van der Waals surface area contributed by atoms with Gasteiger partial charge >= 0.3 is 0 Å². The van der Waals surface area contributed by atoms with Gasteiger partial charge in [0.2, 0.25) is 0 Å². The third-order valence-corrected chi connectivity index (χ3v) is 6.18. The summed E-state index contributed by atoms with van der Waals surface area (Å²) in [6.45, 7) is 9.63. The van der Waals surface area contributed by atoms with Crippen LogP contribution >= 0.6 is 0 Å². The largest absolute Gasteiger partial charge is 0.368 e. The number of nitro groups is 1. The number of benzene rings is 1. The fourth-order valence-electron chi connectivity index (χ4n) is 4.26. The summed E-state index contributed by atoms with van der Waals surface area (Å²) < 4.78 is 0. The Morgan fingerprint density at radius 3 is 2.56 bits per heavy atom. The van der Waals surface area contributed by atoms with Gasteiger partial charge in [0, 0.05) is 43.9 Å². The summed E-state index contributed by atoms with van der Waals surface area (Å²) in [5.41, 5.74) is 3.83. The first-order chi connectivity index (χ1) is 13.1. The molecular formula is C22H33N3O2. The molecule has 0 bridgehead atoms. The van der Waals surface area contributed by atoms with Crippen LogP contribution in [-0.2, 0) is 0 Å². The number of nitro benzene ring substituents is 1. The van der Waals surface area contributed by atoms with E-state index >= 15 is 0 Å². The van der Waals surface area contributed by atoms with Crippen LogP contribution in [0.3, 0.4) is 0 Å². The molecule has 0 radical (unpaired) electrons. The van der Waals surface area contributed by atoms with Crippen LogP contribution in [0.2, 0.25) is 0 Å². The fraction of sp³-hybridized carbons (Fsp3) is 0.636. The highest BCUT2D eigenvalue weighted by molar-refractivity contribution is 5.79. The van der Waals surface area contributed by atoms with Crippen molar-refractivity contribution in [2.24, 2.45) is 5.92 Å². The minimum atomic E-state index is -0.271. The maximum atomic E-state index is 11.3. The normalized spacial score (nSPS) is 21.2. The first kappa shape index (κ1) is 19.9. The van der Waals surface area contributed by atoms with Crippen LogP contribution in [-0.4, -0.2) is 42.5 Å². The molecule has 1 saturated heterocycles. The Balaban J connectivity index is 1.81. The average molecular weight is 372 g/mol. The average Bonchev–Trinajstić information content (AvgIpc) is 2.72. The number of non-ortho nitro benzene ring substituents is 1. The minimum Gasteiger partial charge on any atom is -0.368 e. The fourth-order valence-corrected chi connectivity index (χ4v) is 4.26. The summed E-state index contributed by atoms with van der Waals surface area (Å²) in [5, 5.41) is 11.3. The molecule has 1 fully saturated rings. The van der Waals surface area contributed by atoms with E-state index in [0.29, 0.717) is 0 Å². The molecule has 2 aliphatic rings. The number of rotatable bonds is 7. The summed E-state index contributed by atoms with van der Waals surface area (Å²) in [6, 6.07) is 5.45. The zero-order valence-electron chi connectivity index (χ0n) is 16.8. The quantitative estimate of drug-likeness (QED) is 0.494. The smallest absolute Gasteiger partial charge is 0.271 e. The Morgan fingerprint density at radius 1 is 1.19 bits per heavy atom. The van der Waals surface area contributed by atoms with Crippen molar-refractivity contribution < 1.29 is 4.92 Å². The molecule has 0 amide bonds. The molecule has 148 valence electrons. The monoisotopic (exact) mass is 371 g/mol. The van der Waals surface area contributed by atoms with Gasteiger partial charge in [0.25, 0.3) is 5.69 Å². The Morgan fingerprint density at radius 2 is 1.96 bits per heavy atom. The number of anilines is 1. The van der Waals surface area contributed by atoms with Crippen LogP contribution in [0.4, 0.5) is 11.4 Å². The van der Waals surface area contributed by atoms with Crippen molar-refractivity contribution in [2.75, 3.05) is 37.6 Å². The highest BCUT2D eigenvalue weighted by Crippen LogP contribution is 2.38. The highest BCUT2D eigenvalue weighted by atomic mass is 16.6. The molecule has 5 nitrogen and oxygen atoms in total. The first-order valence-electron chi connectivity index (χ1n) is 10.6. The summed E-state index contributed by atoms with van der Waals surface area (Å²) in [6.07, 6.45) is 9.52. The summed E-state index contributed by atoms with van der Waals surface area (Å²) >= 11 is 0. The van der Waals surface area contributed by atoms with Gasteiger partial charge in [0.15, 0.2) is 0 Å². The van der Waals surface area contributed by atoms with Crippen molar-refractivity contribution in [2.45, 2.75) is 52.4 Å². The second kappa shape index (κ2) is 9.36. The van der Waals surface area contributed by atoms with Crippen molar-refractivity contribution in [1.29, 1.82) is 0 Å². The van der Waals surface area contributed by atoms with E-state index in [1.165, 1.54) is 36.8 Å². The van der Waals surface area contributed by atoms with Gasteiger partial charge in [0.05, 0.1) is 10.6 Å². The van der Waals surface area contributed by atoms with Gasteiger partial charge in [-0.3, -0.25) is 15.0 Å². The predicted octanol–water partition coefficient (Wildman–Crippen LogP) is 5.11. The molecule has 1 heterocycles. The lowest BCUT2D eigenvalue weighted by Gasteiger charge is -2.37. The van der Waals surface area contributed by atoms with Crippen molar-refractivity contribution in [3.05, 3.63) is 40.0 Å². The molecule has 0 spiro atoms. The molecular weight excluding hydrogens is 338 g/mol. The van der Waals surface area contributed by atoms with Gasteiger partial charge < -0.3 is 4.90 Å². The third kappa shape index (κ3) is 4.89. The number of unbranched alkanes of at least 4 members (excludes halogenated alkanes) is 1. The van der Waals surface area contributed by atoms with Crippen LogP contribution in [0.1, 0.15) is 57.9 Å². The molecule has 1 aliphatic heterocycles. The number of allylic oxidation sites excluding steroid dienone is 2. The SMILES string of the molecule is CCCCN1CCN(c2cc([N+](=O)[O-])ccc2C2=CCC(CC)CC2)CC1. The van der Waals surface area contributed by atoms with Gasteiger partial charge in [-0.2, -0.15) is 0 Å². The number of hydrogen-bond acceptors (Lipinski definition) is 4. The van der Waals surface area contributed by atoms with E-state index < -0.39 is 0 Å². The molecule has 0 N–H and O–H groups in total. The van der Waals surface area contributed by atoms with Gasteiger partial charge in [-0.15, -0.1) is 0 Å². The van der Waals surface area contributed by atoms with Crippen molar-refractivity contribution in [3.8, 4) is 0 Å². The molecule has 5 heteroatoms. The van der Waals surface area contributed by atoms with E-state index in [4.69, 9.17) is 0 Å². The van der Waals surface area contributed by atoms with E-state index in [2.05, 4.69) is 29.7 Å². The van der Waals surface area contributed by atoms with Gasteiger partial charge in [-0.05, 0) is 49.8 Å². The Labute approximate surface area is 163 Å². The van der Waals surface area contributed by atoms with Crippen LogP contribution < -0.4 is 4.90 Å². The third-order valence-electron chi connectivity index (χ3n) is 6.18. The number of hydrogen-bond donors (Lipinski definition) is 0. The van der Waals surface area contributed by atoms with E-state index in [1.54, 1.807) is 12.1 Å². The Bertz CT molecular complexity index is 678. The van der Waals surface area contributed by atoms with Gasteiger partial charge in [-0.25, -0.2) is 0 Å². The Kier molecular flexibility index (Phi) is 6.89. The molecule has 1 atom stereocenters. The molecule has 1 aromatic rings. The lowest BCUT2D eigenvalue weighted by atomic mass is 9.84. The molecule has 1 unspecified atom stereocenters.